The molecular weight excluding hydrogens is 672 g/mol. The molecule has 2 aromatic carbocycles. The van der Waals surface area contributed by atoms with Crippen molar-refractivity contribution in [1.82, 2.24) is 10.2 Å². The number of hydrogen-bond donors (Lipinski definition) is 2. The van der Waals surface area contributed by atoms with Crippen LogP contribution in [0.25, 0.3) is 0 Å². The summed E-state index contributed by atoms with van der Waals surface area (Å²) in [5.41, 5.74) is 1.25. The molecule has 3 fully saturated rings. The Hall–Kier alpha value is -4.48. The molecular formula is C42H56N4O7. The van der Waals surface area contributed by atoms with Crippen LogP contribution in [0.15, 0.2) is 79.9 Å². The number of ether oxygens (including phenoxy) is 2. The Bertz CT molecular complexity index is 1580. The van der Waals surface area contributed by atoms with E-state index in [1.54, 1.807) is 22.0 Å². The summed E-state index contributed by atoms with van der Waals surface area (Å²) in [6, 6.07) is 16.1. The monoisotopic (exact) mass is 728 g/mol. The number of benzene rings is 2. The second kappa shape index (κ2) is 18.5. The molecule has 3 aliphatic heterocycles. The van der Waals surface area contributed by atoms with E-state index in [4.69, 9.17) is 9.47 Å². The summed E-state index contributed by atoms with van der Waals surface area (Å²) < 4.78 is 12.9. The number of esters is 1. The highest BCUT2D eigenvalue weighted by Crippen LogP contribution is 2.59. The summed E-state index contributed by atoms with van der Waals surface area (Å²) in [4.78, 5) is 61.9. The predicted octanol–water partition coefficient (Wildman–Crippen LogP) is 5.35. The molecule has 3 heterocycles. The van der Waals surface area contributed by atoms with Gasteiger partial charge in [0.25, 0.3) is 5.91 Å². The van der Waals surface area contributed by atoms with Crippen molar-refractivity contribution in [3.63, 3.8) is 0 Å². The van der Waals surface area contributed by atoms with Gasteiger partial charge in [0.1, 0.15) is 17.7 Å². The molecule has 3 saturated heterocycles. The molecule has 3 amide bonds. The van der Waals surface area contributed by atoms with Crippen molar-refractivity contribution in [1.29, 1.82) is 0 Å². The summed E-state index contributed by atoms with van der Waals surface area (Å²) >= 11 is 0. The van der Waals surface area contributed by atoms with Gasteiger partial charge in [0, 0.05) is 50.6 Å². The van der Waals surface area contributed by atoms with Crippen LogP contribution < -0.4 is 15.1 Å². The molecule has 6 atom stereocenters. The Kier molecular flexibility index (Phi) is 13.9. The second-order valence-corrected chi connectivity index (χ2v) is 14.1. The average molecular weight is 729 g/mol. The SMILES string of the molecule is C=CCCC(=O)NC[C@@H](OC(=O)[C@@H]1[C@H]2C(=O)N(CCCCCCO)[C@H](C(=O)N(CC=C)c3ccc(N(CC)CC)cc3)[C@]23CC[C@H]1O3)c1ccccc1. The molecule has 286 valence electrons. The second-order valence-electron chi connectivity index (χ2n) is 14.1. The molecule has 2 bridgehead atoms. The van der Waals surface area contributed by atoms with E-state index in [0.29, 0.717) is 49.9 Å². The molecule has 11 nitrogen and oxygen atoms in total. The van der Waals surface area contributed by atoms with Crippen molar-refractivity contribution in [3.05, 3.63) is 85.5 Å². The van der Waals surface area contributed by atoms with Crippen LogP contribution in [0, 0.1) is 11.8 Å². The predicted molar refractivity (Wildman–Crippen MR) is 205 cm³/mol. The Morgan fingerprint density at radius 2 is 1.72 bits per heavy atom. The Labute approximate surface area is 314 Å². The normalized spacial score (nSPS) is 23.3. The van der Waals surface area contributed by atoms with Crippen molar-refractivity contribution in [2.45, 2.75) is 89.1 Å². The van der Waals surface area contributed by atoms with Crippen LogP contribution in [-0.2, 0) is 28.7 Å². The number of hydrogen-bond acceptors (Lipinski definition) is 8. The minimum absolute atomic E-state index is 0.0678. The zero-order valence-corrected chi connectivity index (χ0v) is 31.3. The summed E-state index contributed by atoms with van der Waals surface area (Å²) in [5.74, 6) is -3.11. The molecule has 0 radical (unpaired) electrons. The summed E-state index contributed by atoms with van der Waals surface area (Å²) in [7, 11) is 0. The number of anilines is 2. The van der Waals surface area contributed by atoms with Crippen molar-refractivity contribution < 1.29 is 33.8 Å². The Morgan fingerprint density at radius 1 is 1.02 bits per heavy atom. The quantitative estimate of drug-likeness (QED) is 0.100. The van der Waals surface area contributed by atoms with Gasteiger partial charge in [-0.1, -0.05) is 55.3 Å². The summed E-state index contributed by atoms with van der Waals surface area (Å²) in [6.07, 6.45) is 6.61. The van der Waals surface area contributed by atoms with E-state index >= 15 is 0 Å². The fraction of sp³-hybridized carbons (Fsp3) is 0.524. The fourth-order valence-corrected chi connectivity index (χ4v) is 8.36. The minimum atomic E-state index is -1.20. The third-order valence-corrected chi connectivity index (χ3v) is 11.0. The van der Waals surface area contributed by atoms with Gasteiger partial charge in [-0.25, -0.2) is 0 Å². The number of rotatable bonds is 21. The molecule has 0 saturated carbocycles. The summed E-state index contributed by atoms with van der Waals surface area (Å²) in [5, 5.41) is 12.2. The number of nitrogens with zero attached hydrogens (tertiary/aromatic N) is 3. The fourth-order valence-electron chi connectivity index (χ4n) is 8.36. The molecule has 0 unspecified atom stereocenters. The van der Waals surface area contributed by atoms with Crippen LogP contribution in [0.3, 0.4) is 0 Å². The van der Waals surface area contributed by atoms with E-state index in [2.05, 4.69) is 37.2 Å². The van der Waals surface area contributed by atoms with Crippen molar-refractivity contribution >= 4 is 35.1 Å². The molecule has 0 aromatic heterocycles. The van der Waals surface area contributed by atoms with Gasteiger partial charge in [-0.3, -0.25) is 19.2 Å². The number of likely N-dealkylation sites (tertiary alicyclic amines) is 1. The average Bonchev–Trinajstić information content (AvgIpc) is 3.82. The third-order valence-electron chi connectivity index (χ3n) is 11.0. The summed E-state index contributed by atoms with van der Waals surface area (Å²) in [6.45, 7) is 14.2. The Balaban J connectivity index is 1.44. The zero-order valence-electron chi connectivity index (χ0n) is 31.3. The number of carbonyl (C=O) groups excluding carboxylic acids is 4. The molecule has 53 heavy (non-hydrogen) atoms. The first kappa shape index (κ1) is 39.7. The number of unbranched alkanes of at least 4 members (excludes halogenated alkanes) is 3. The molecule has 0 aliphatic carbocycles. The van der Waals surface area contributed by atoms with Crippen molar-refractivity contribution in [3.8, 4) is 0 Å². The minimum Gasteiger partial charge on any atom is -0.455 e. The zero-order chi connectivity index (χ0) is 38.0. The van der Waals surface area contributed by atoms with E-state index in [-0.39, 0.29) is 43.8 Å². The van der Waals surface area contributed by atoms with Crippen LogP contribution in [0.5, 0.6) is 0 Å². The lowest BCUT2D eigenvalue weighted by Crippen LogP contribution is -2.56. The number of aliphatic hydroxyl groups is 1. The standard InChI is InChI=1S/C42H56N4O7/c1-5-9-19-35(48)43-29-34(30-17-13-12-14-18-30)52-41(51)36-33-24-25-42(53-33)37(36)39(49)46(27-15-10-11-16-28-47)38(42)40(50)45(26-6-2)32-22-20-31(21-23-32)44(7-3)8-4/h5-6,12-14,17-18,20-23,33-34,36-38,47H,1-2,7-11,15-16,19,24-29H2,3-4H3,(H,43,48)/t33-,34-,36+,37+,38-,42+/m1/s1. The molecule has 2 aromatic rings. The third kappa shape index (κ3) is 8.52. The van der Waals surface area contributed by atoms with Crippen LogP contribution in [0.2, 0.25) is 0 Å². The van der Waals surface area contributed by atoms with Gasteiger partial charge in [0.15, 0.2) is 0 Å². The number of nitrogens with one attached hydrogen (secondary N) is 1. The maximum absolute atomic E-state index is 14.9. The molecule has 1 spiro atoms. The lowest BCUT2D eigenvalue weighted by atomic mass is 9.70. The first-order valence-corrected chi connectivity index (χ1v) is 19.2. The molecule has 3 aliphatic rings. The van der Waals surface area contributed by atoms with E-state index in [1.165, 1.54) is 0 Å². The van der Waals surface area contributed by atoms with Gasteiger partial charge in [0.05, 0.1) is 24.5 Å². The van der Waals surface area contributed by atoms with E-state index in [9.17, 15) is 24.3 Å². The van der Waals surface area contributed by atoms with Crippen molar-refractivity contribution in [2.75, 3.05) is 49.1 Å². The van der Waals surface area contributed by atoms with Gasteiger partial charge in [-0.2, -0.15) is 0 Å². The van der Waals surface area contributed by atoms with E-state index in [1.807, 2.05) is 54.6 Å². The smallest absolute Gasteiger partial charge is 0.313 e. The number of allylic oxidation sites excluding steroid dienone is 1. The topological polar surface area (TPSA) is 129 Å². The van der Waals surface area contributed by atoms with Crippen molar-refractivity contribution in [2.24, 2.45) is 11.8 Å². The van der Waals surface area contributed by atoms with Crippen LogP contribution in [0.4, 0.5) is 11.4 Å². The first-order valence-electron chi connectivity index (χ1n) is 19.2. The van der Waals surface area contributed by atoms with Gasteiger partial charge in [0.2, 0.25) is 11.8 Å². The highest BCUT2D eigenvalue weighted by atomic mass is 16.6. The molecule has 2 N–H and O–H groups in total. The largest absolute Gasteiger partial charge is 0.455 e. The van der Waals surface area contributed by atoms with E-state index < -0.39 is 41.7 Å². The van der Waals surface area contributed by atoms with Gasteiger partial charge < -0.3 is 34.6 Å². The van der Waals surface area contributed by atoms with Crippen LogP contribution in [0.1, 0.15) is 76.9 Å². The first-order chi connectivity index (χ1) is 25.7. The lowest BCUT2D eigenvalue weighted by Gasteiger charge is -2.37. The highest BCUT2D eigenvalue weighted by molar-refractivity contribution is 6.04. The van der Waals surface area contributed by atoms with Crippen LogP contribution >= 0.6 is 0 Å². The van der Waals surface area contributed by atoms with Gasteiger partial charge in [-0.05, 0) is 75.8 Å². The Morgan fingerprint density at radius 3 is 2.38 bits per heavy atom. The number of amides is 3. The van der Waals surface area contributed by atoms with Gasteiger partial charge >= 0.3 is 5.97 Å². The molecule has 11 heteroatoms. The highest BCUT2D eigenvalue weighted by Gasteiger charge is 2.75. The molecule has 5 rings (SSSR count). The maximum atomic E-state index is 14.9. The maximum Gasteiger partial charge on any atom is 0.313 e. The van der Waals surface area contributed by atoms with Crippen LogP contribution in [-0.4, -0.2) is 90.8 Å². The lowest BCUT2D eigenvalue weighted by molar-refractivity contribution is -0.160. The number of aliphatic hydroxyl groups excluding tert-OH is 1. The van der Waals surface area contributed by atoms with Gasteiger partial charge in [-0.15, -0.1) is 13.2 Å². The van der Waals surface area contributed by atoms with E-state index in [0.717, 1.165) is 31.6 Å². The number of fused-ring (bicyclic) bond motifs is 1. The number of carbonyl (C=O) groups is 4.